The fourth-order valence-corrected chi connectivity index (χ4v) is 3.13. The lowest BCUT2D eigenvalue weighted by atomic mass is 10.1. The highest BCUT2D eigenvalue weighted by Gasteiger charge is 2.39. The number of hydrogen-bond acceptors (Lipinski definition) is 5. The normalized spacial score (nSPS) is 17.2. The highest BCUT2D eigenvalue weighted by molar-refractivity contribution is 6.05. The molecule has 2 aromatic rings. The predicted molar refractivity (Wildman–Crippen MR) is 123 cm³/mol. The molecule has 2 atom stereocenters. The third kappa shape index (κ3) is 6.23. The SMILES string of the molecule is COc1ccc(NC(=O)c2ccc(NC(=O)C3CC3C)cc2)cc1NC(=O)OC(C)(C)C. The van der Waals surface area contributed by atoms with Crippen molar-refractivity contribution < 1.29 is 23.9 Å². The molecule has 3 rings (SSSR count). The molecule has 8 heteroatoms. The van der Waals surface area contributed by atoms with Crippen LogP contribution in [0.4, 0.5) is 21.9 Å². The minimum atomic E-state index is -0.647. The van der Waals surface area contributed by atoms with Crippen LogP contribution in [0.1, 0.15) is 44.5 Å². The van der Waals surface area contributed by atoms with Crippen molar-refractivity contribution in [3.05, 3.63) is 48.0 Å². The number of benzene rings is 2. The number of carbonyl (C=O) groups is 3. The molecule has 1 aliphatic carbocycles. The molecule has 2 aromatic carbocycles. The Hall–Kier alpha value is -3.55. The van der Waals surface area contributed by atoms with E-state index in [9.17, 15) is 14.4 Å². The maximum Gasteiger partial charge on any atom is 0.412 e. The monoisotopic (exact) mass is 439 g/mol. The van der Waals surface area contributed by atoms with E-state index in [0.29, 0.717) is 34.3 Å². The smallest absolute Gasteiger partial charge is 0.412 e. The van der Waals surface area contributed by atoms with E-state index in [1.165, 1.54) is 7.11 Å². The van der Waals surface area contributed by atoms with Crippen molar-refractivity contribution in [1.29, 1.82) is 0 Å². The molecule has 32 heavy (non-hydrogen) atoms. The highest BCUT2D eigenvalue weighted by Crippen LogP contribution is 2.38. The lowest BCUT2D eigenvalue weighted by Crippen LogP contribution is -2.27. The van der Waals surface area contributed by atoms with E-state index >= 15 is 0 Å². The molecular weight excluding hydrogens is 410 g/mol. The Labute approximate surface area is 187 Å². The van der Waals surface area contributed by atoms with Crippen LogP contribution in [0.15, 0.2) is 42.5 Å². The van der Waals surface area contributed by atoms with Gasteiger partial charge in [-0.1, -0.05) is 6.92 Å². The Bertz CT molecular complexity index is 1010. The fraction of sp³-hybridized carbons (Fsp3) is 0.375. The lowest BCUT2D eigenvalue weighted by molar-refractivity contribution is -0.117. The molecule has 8 nitrogen and oxygen atoms in total. The van der Waals surface area contributed by atoms with Gasteiger partial charge in [-0.25, -0.2) is 4.79 Å². The first-order valence-corrected chi connectivity index (χ1v) is 10.5. The van der Waals surface area contributed by atoms with E-state index in [1.54, 1.807) is 63.2 Å². The number of nitrogens with one attached hydrogen (secondary N) is 3. The Morgan fingerprint density at radius 1 is 0.938 bits per heavy atom. The van der Waals surface area contributed by atoms with Gasteiger partial charge in [-0.05, 0) is 75.6 Å². The Kier molecular flexibility index (Phi) is 6.72. The van der Waals surface area contributed by atoms with Crippen LogP contribution in [0.25, 0.3) is 0 Å². The summed E-state index contributed by atoms with van der Waals surface area (Å²) in [6, 6.07) is 11.6. The molecule has 3 N–H and O–H groups in total. The highest BCUT2D eigenvalue weighted by atomic mass is 16.6. The molecule has 0 aromatic heterocycles. The summed E-state index contributed by atoms with van der Waals surface area (Å²) in [7, 11) is 1.48. The van der Waals surface area contributed by atoms with Crippen LogP contribution >= 0.6 is 0 Å². The summed E-state index contributed by atoms with van der Waals surface area (Å²) in [5, 5.41) is 8.30. The van der Waals surface area contributed by atoms with Crippen LogP contribution in [-0.2, 0) is 9.53 Å². The first kappa shape index (κ1) is 23.1. The molecule has 0 aliphatic heterocycles. The van der Waals surface area contributed by atoms with Gasteiger partial charge < -0.3 is 20.1 Å². The number of carbonyl (C=O) groups excluding carboxylic acids is 3. The van der Waals surface area contributed by atoms with Crippen LogP contribution in [0.5, 0.6) is 5.75 Å². The summed E-state index contributed by atoms with van der Waals surface area (Å²) >= 11 is 0. The minimum absolute atomic E-state index is 0.0120. The van der Waals surface area contributed by atoms with Gasteiger partial charge in [-0.3, -0.25) is 14.9 Å². The third-order valence-electron chi connectivity index (χ3n) is 4.95. The molecule has 1 saturated carbocycles. The number of ether oxygens (including phenoxy) is 2. The Balaban J connectivity index is 1.65. The topological polar surface area (TPSA) is 106 Å². The molecular formula is C24H29N3O5. The molecule has 0 bridgehead atoms. The number of anilines is 3. The van der Waals surface area contributed by atoms with Crippen molar-refractivity contribution in [2.45, 2.75) is 39.7 Å². The summed E-state index contributed by atoms with van der Waals surface area (Å²) in [6.07, 6.45) is 0.288. The zero-order chi connectivity index (χ0) is 23.5. The molecule has 0 heterocycles. The minimum Gasteiger partial charge on any atom is -0.495 e. The largest absolute Gasteiger partial charge is 0.495 e. The zero-order valence-corrected chi connectivity index (χ0v) is 18.9. The number of hydrogen-bond donors (Lipinski definition) is 3. The van der Waals surface area contributed by atoms with E-state index in [0.717, 1.165) is 6.42 Å². The number of rotatable bonds is 6. The summed E-state index contributed by atoms with van der Waals surface area (Å²) in [4.78, 5) is 36.8. The summed E-state index contributed by atoms with van der Waals surface area (Å²) in [6.45, 7) is 7.35. The summed E-state index contributed by atoms with van der Waals surface area (Å²) < 4.78 is 10.5. The van der Waals surface area contributed by atoms with Crippen molar-refractivity contribution in [3.8, 4) is 5.75 Å². The molecule has 170 valence electrons. The lowest BCUT2D eigenvalue weighted by Gasteiger charge is -2.20. The second kappa shape index (κ2) is 9.30. The van der Waals surface area contributed by atoms with Gasteiger partial charge in [0.2, 0.25) is 5.91 Å². The van der Waals surface area contributed by atoms with E-state index in [2.05, 4.69) is 16.0 Å². The first-order valence-electron chi connectivity index (χ1n) is 10.5. The molecule has 0 spiro atoms. The number of methoxy groups -OCH3 is 1. The van der Waals surface area contributed by atoms with E-state index in [-0.39, 0.29) is 17.7 Å². The van der Waals surface area contributed by atoms with Gasteiger partial charge in [-0.2, -0.15) is 0 Å². The van der Waals surface area contributed by atoms with Crippen molar-refractivity contribution >= 4 is 35.0 Å². The molecule has 1 aliphatic rings. The maximum atomic E-state index is 12.6. The van der Waals surface area contributed by atoms with Crippen LogP contribution in [0, 0.1) is 11.8 Å². The van der Waals surface area contributed by atoms with E-state index in [4.69, 9.17) is 9.47 Å². The van der Waals surface area contributed by atoms with Gasteiger partial charge >= 0.3 is 6.09 Å². The first-order chi connectivity index (χ1) is 15.1. The van der Waals surface area contributed by atoms with Crippen molar-refractivity contribution in [2.24, 2.45) is 11.8 Å². The van der Waals surface area contributed by atoms with Crippen LogP contribution < -0.4 is 20.7 Å². The van der Waals surface area contributed by atoms with Crippen molar-refractivity contribution in [1.82, 2.24) is 0 Å². The average molecular weight is 440 g/mol. The van der Waals surface area contributed by atoms with E-state index < -0.39 is 11.7 Å². The van der Waals surface area contributed by atoms with Gasteiger partial charge in [0.05, 0.1) is 12.8 Å². The second-order valence-electron chi connectivity index (χ2n) is 8.88. The second-order valence-corrected chi connectivity index (χ2v) is 8.88. The quantitative estimate of drug-likeness (QED) is 0.594. The summed E-state index contributed by atoms with van der Waals surface area (Å²) in [5.41, 5.74) is 1.28. The van der Waals surface area contributed by atoms with Gasteiger partial charge in [0.15, 0.2) is 0 Å². The fourth-order valence-electron chi connectivity index (χ4n) is 3.13. The van der Waals surface area contributed by atoms with Crippen LogP contribution in [0.2, 0.25) is 0 Å². The predicted octanol–water partition coefficient (Wildman–Crippen LogP) is 4.89. The van der Waals surface area contributed by atoms with Gasteiger partial charge in [0, 0.05) is 22.9 Å². The molecule has 2 unspecified atom stereocenters. The molecule has 1 fully saturated rings. The molecule has 0 radical (unpaired) electrons. The summed E-state index contributed by atoms with van der Waals surface area (Å²) in [5.74, 6) is 0.625. The Morgan fingerprint density at radius 3 is 2.12 bits per heavy atom. The van der Waals surface area contributed by atoms with Crippen molar-refractivity contribution in [2.75, 3.05) is 23.1 Å². The van der Waals surface area contributed by atoms with Gasteiger partial charge in [-0.15, -0.1) is 0 Å². The third-order valence-corrected chi connectivity index (χ3v) is 4.95. The number of amides is 3. The van der Waals surface area contributed by atoms with Gasteiger partial charge in [0.25, 0.3) is 5.91 Å². The zero-order valence-electron chi connectivity index (χ0n) is 18.9. The van der Waals surface area contributed by atoms with Crippen LogP contribution in [-0.4, -0.2) is 30.6 Å². The van der Waals surface area contributed by atoms with E-state index in [1.807, 2.05) is 6.92 Å². The van der Waals surface area contributed by atoms with Crippen LogP contribution in [0.3, 0.4) is 0 Å². The van der Waals surface area contributed by atoms with Gasteiger partial charge in [0.1, 0.15) is 11.4 Å². The Morgan fingerprint density at radius 2 is 1.56 bits per heavy atom. The average Bonchev–Trinajstić information content (AvgIpc) is 3.44. The maximum absolute atomic E-state index is 12.6. The molecule has 3 amide bonds. The standard InChI is InChI=1S/C24H29N3O5/c1-14-12-18(14)22(29)25-16-8-6-15(7-9-16)21(28)26-17-10-11-20(31-5)19(13-17)27-23(30)32-24(2,3)4/h6-11,13-14,18H,12H2,1-5H3,(H,25,29)(H,26,28)(H,27,30). The van der Waals surface area contributed by atoms with Crippen molar-refractivity contribution in [3.63, 3.8) is 0 Å². The molecule has 0 saturated heterocycles.